The quantitative estimate of drug-likeness (QED) is 0.857. The largest absolute Gasteiger partial charge is 0.341 e. The Balaban J connectivity index is 1.70. The van der Waals surface area contributed by atoms with Crippen molar-refractivity contribution in [3.8, 4) is 11.8 Å². The van der Waals surface area contributed by atoms with Gasteiger partial charge >= 0.3 is 0 Å². The van der Waals surface area contributed by atoms with Gasteiger partial charge in [0.1, 0.15) is 0 Å². The molecule has 112 valence electrons. The number of hydrogen-bond donors (Lipinski definition) is 1. The molecule has 1 aromatic carbocycles. The van der Waals surface area contributed by atoms with Crippen LogP contribution in [0.4, 0.5) is 0 Å². The van der Waals surface area contributed by atoms with E-state index in [2.05, 4.69) is 39.2 Å². The lowest BCUT2D eigenvalue weighted by Crippen LogP contribution is -2.24. The highest BCUT2D eigenvalue weighted by molar-refractivity contribution is 5.94. The van der Waals surface area contributed by atoms with Gasteiger partial charge in [-0.15, -0.1) is 0 Å². The highest BCUT2D eigenvalue weighted by Crippen LogP contribution is 2.01. The van der Waals surface area contributed by atoms with Crippen LogP contribution in [0, 0.1) is 11.8 Å². The van der Waals surface area contributed by atoms with Gasteiger partial charge < -0.3 is 5.32 Å². The number of carbonyl (C=O) groups excluding carboxylic acids is 1. The SMILES string of the molecule is CN(CC#CCNC(=O)c1ccncc1)Cc1ccccc1. The van der Waals surface area contributed by atoms with Crippen molar-refractivity contribution in [1.82, 2.24) is 15.2 Å². The van der Waals surface area contributed by atoms with Gasteiger partial charge in [0.25, 0.3) is 5.91 Å². The Bertz CT molecular complexity index is 644. The van der Waals surface area contributed by atoms with Crippen molar-refractivity contribution in [3.63, 3.8) is 0 Å². The van der Waals surface area contributed by atoms with E-state index in [0.717, 1.165) is 6.54 Å². The van der Waals surface area contributed by atoms with Crippen LogP contribution in [0.1, 0.15) is 15.9 Å². The fourth-order valence-corrected chi connectivity index (χ4v) is 1.93. The molecule has 0 fully saturated rings. The number of rotatable bonds is 5. The molecule has 0 aliphatic carbocycles. The number of amides is 1. The zero-order valence-electron chi connectivity index (χ0n) is 12.6. The summed E-state index contributed by atoms with van der Waals surface area (Å²) in [5, 5.41) is 2.76. The molecule has 4 heteroatoms. The standard InChI is InChI=1S/C18H19N3O/c1-21(15-16-7-3-2-4-8-16)14-6-5-11-20-18(22)17-9-12-19-13-10-17/h2-4,7-10,12-13H,11,14-15H2,1H3,(H,20,22). The van der Waals surface area contributed by atoms with Crippen molar-refractivity contribution in [2.75, 3.05) is 20.1 Å². The van der Waals surface area contributed by atoms with Crippen molar-refractivity contribution in [3.05, 3.63) is 66.0 Å². The van der Waals surface area contributed by atoms with Crippen LogP contribution in [-0.2, 0) is 6.54 Å². The molecule has 1 heterocycles. The normalized spacial score (nSPS) is 9.91. The first kappa shape index (κ1) is 15.7. The zero-order chi connectivity index (χ0) is 15.6. The Kier molecular flexibility index (Phi) is 6.16. The van der Waals surface area contributed by atoms with Crippen molar-refractivity contribution >= 4 is 5.91 Å². The summed E-state index contributed by atoms with van der Waals surface area (Å²) in [5.74, 6) is 5.89. The van der Waals surface area contributed by atoms with Crippen LogP contribution < -0.4 is 5.32 Å². The molecule has 2 rings (SSSR count). The second kappa shape index (κ2) is 8.60. The molecule has 1 amide bonds. The molecule has 0 radical (unpaired) electrons. The van der Waals surface area contributed by atoms with E-state index in [4.69, 9.17) is 0 Å². The Morgan fingerprint density at radius 3 is 2.59 bits per heavy atom. The Labute approximate surface area is 131 Å². The van der Waals surface area contributed by atoms with Crippen LogP contribution in [0.5, 0.6) is 0 Å². The fourth-order valence-electron chi connectivity index (χ4n) is 1.93. The number of benzene rings is 1. The molecule has 0 saturated heterocycles. The van der Waals surface area contributed by atoms with E-state index in [1.807, 2.05) is 25.2 Å². The van der Waals surface area contributed by atoms with Crippen LogP contribution in [0.25, 0.3) is 0 Å². The van der Waals surface area contributed by atoms with Gasteiger partial charge in [-0.25, -0.2) is 0 Å². The first-order valence-electron chi connectivity index (χ1n) is 7.12. The monoisotopic (exact) mass is 293 g/mol. The lowest BCUT2D eigenvalue weighted by molar-refractivity contribution is 0.0958. The molecular weight excluding hydrogens is 274 g/mol. The molecule has 1 N–H and O–H groups in total. The third kappa shape index (κ3) is 5.39. The number of nitrogens with zero attached hydrogens (tertiary/aromatic N) is 2. The van der Waals surface area contributed by atoms with Crippen LogP contribution in [0.2, 0.25) is 0 Å². The molecule has 0 aliphatic rings. The number of aromatic nitrogens is 1. The minimum Gasteiger partial charge on any atom is -0.341 e. The molecule has 1 aromatic heterocycles. The molecule has 22 heavy (non-hydrogen) atoms. The van der Waals surface area contributed by atoms with Gasteiger partial charge in [0.15, 0.2) is 0 Å². The molecule has 0 spiro atoms. The maximum atomic E-state index is 11.8. The number of pyridine rings is 1. The fraction of sp³-hybridized carbons (Fsp3) is 0.222. The third-order valence-corrected chi connectivity index (χ3v) is 3.05. The molecule has 4 nitrogen and oxygen atoms in total. The van der Waals surface area contributed by atoms with Gasteiger partial charge in [-0.05, 0) is 24.7 Å². The second-order valence-electron chi connectivity index (χ2n) is 4.93. The molecule has 0 unspecified atom stereocenters. The highest BCUT2D eigenvalue weighted by Gasteiger charge is 2.01. The summed E-state index contributed by atoms with van der Waals surface area (Å²) in [4.78, 5) is 17.8. The van der Waals surface area contributed by atoms with Gasteiger partial charge in [0.2, 0.25) is 0 Å². The van der Waals surface area contributed by atoms with Crippen molar-refractivity contribution in [2.24, 2.45) is 0 Å². The summed E-state index contributed by atoms with van der Waals surface area (Å²) >= 11 is 0. The summed E-state index contributed by atoms with van der Waals surface area (Å²) < 4.78 is 0. The maximum absolute atomic E-state index is 11.8. The highest BCUT2D eigenvalue weighted by atomic mass is 16.1. The van der Waals surface area contributed by atoms with Gasteiger partial charge in [-0.3, -0.25) is 14.7 Å². The average molecular weight is 293 g/mol. The van der Waals surface area contributed by atoms with E-state index in [1.54, 1.807) is 24.5 Å². The Morgan fingerprint density at radius 2 is 1.86 bits per heavy atom. The lowest BCUT2D eigenvalue weighted by atomic mass is 10.2. The number of hydrogen-bond acceptors (Lipinski definition) is 3. The van der Waals surface area contributed by atoms with Crippen LogP contribution in [0.15, 0.2) is 54.9 Å². The maximum Gasteiger partial charge on any atom is 0.252 e. The topological polar surface area (TPSA) is 45.2 Å². The zero-order valence-corrected chi connectivity index (χ0v) is 12.6. The summed E-state index contributed by atoms with van der Waals surface area (Å²) in [5.41, 5.74) is 1.86. The number of nitrogens with one attached hydrogen (secondary N) is 1. The van der Waals surface area contributed by atoms with Gasteiger partial charge in [-0.2, -0.15) is 0 Å². The van der Waals surface area contributed by atoms with E-state index < -0.39 is 0 Å². The van der Waals surface area contributed by atoms with E-state index in [1.165, 1.54) is 5.56 Å². The lowest BCUT2D eigenvalue weighted by Gasteiger charge is -2.12. The minimum absolute atomic E-state index is 0.130. The Hall–Kier alpha value is -2.64. The molecule has 0 atom stereocenters. The van der Waals surface area contributed by atoms with Crippen LogP contribution in [0.3, 0.4) is 0 Å². The van der Waals surface area contributed by atoms with E-state index in [-0.39, 0.29) is 5.91 Å². The van der Waals surface area contributed by atoms with Gasteiger partial charge in [-0.1, -0.05) is 42.2 Å². The summed E-state index contributed by atoms with van der Waals surface area (Å²) in [7, 11) is 2.03. The van der Waals surface area contributed by atoms with Crippen molar-refractivity contribution < 1.29 is 4.79 Å². The summed E-state index contributed by atoms with van der Waals surface area (Å²) in [6.07, 6.45) is 3.19. The smallest absolute Gasteiger partial charge is 0.252 e. The molecular formula is C18H19N3O. The summed E-state index contributed by atoms with van der Waals surface area (Å²) in [6.45, 7) is 1.87. The predicted octanol–water partition coefficient (Wildman–Crippen LogP) is 1.95. The van der Waals surface area contributed by atoms with Crippen LogP contribution in [-0.4, -0.2) is 35.9 Å². The van der Waals surface area contributed by atoms with E-state index in [0.29, 0.717) is 18.7 Å². The molecule has 0 bridgehead atoms. The average Bonchev–Trinajstić information content (AvgIpc) is 2.56. The van der Waals surface area contributed by atoms with Crippen molar-refractivity contribution in [1.29, 1.82) is 0 Å². The Morgan fingerprint density at radius 1 is 1.14 bits per heavy atom. The first-order chi connectivity index (χ1) is 10.8. The molecule has 0 aliphatic heterocycles. The summed E-state index contributed by atoms with van der Waals surface area (Å²) in [6, 6.07) is 13.6. The van der Waals surface area contributed by atoms with E-state index in [9.17, 15) is 4.79 Å². The predicted molar refractivity (Wildman–Crippen MR) is 87.1 cm³/mol. The molecule has 0 saturated carbocycles. The van der Waals surface area contributed by atoms with Gasteiger partial charge in [0, 0.05) is 24.5 Å². The first-order valence-corrected chi connectivity index (χ1v) is 7.12. The van der Waals surface area contributed by atoms with E-state index >= 15 is 0 Å². The molecule has 2 aromatic rings. The number of carbonyl (C=O) groups is 1. The minimum atomic E-state index is -0.130. The van der Waals surface area contributed by atoms with Crippen LogP contribution >= 0.6 is 0 Å². The second-order valence-corrected chi connectivity index (χ2v) is 4.93. The van der Waals surface area contributed by atoms with Crippen molar-refractivity contribution in [2.45, 2.75) is 6.54 Å². The van der Waals surface area contributed by atoms with Gasteiger partial charge in [0.05, 0.1) is 13.1 Å². The third-order valence-electron chi connectivity index (χ3n) is 3.05.